The van der Waals surface area contributed by atoms with Gasteiger partial charge < -0.3 is 9.64 Å². The predicted octanol–water partition coefficient (Wildman–Crippen LogP) is 5.89. The SMILES string of the molecule is CC(C)[C@H]1CC[C@H](C)C[C@@H]1OC(=O)C(CC(=O)N1C[C@H]2CCCC[C@H]2C1)Cc1ccccc1. The van der Waals surface area contributed by atoms with Crippen molar-refractivity contribution in [2.24, 2.45) is 35.5 Å². The smallest absolute Gasteiger partial charge is 0.310 e. The molecule has 4 nitrogen and oxygen atoms in total. The normalized spacial score (nSPS) is 30.7. The van der Waals surface area contributed by atoms with Crippen LogP contribution in [-0.2, 0) is 20.7 Å². The van der Waals surface area contributed by atoms with Crippen LogP contribution in [0.4, 0.5) is 0 Å². The Morgan fingerprint density at radius 1 is 1.00 bits per heavy atom. The van der Waals surface area contributed by atoms with E-state index in [1.165, 1.54) is 32.1 Å². The van der Waals surface area contributed by atoms with Crippen molar-refractivity contribution < 1.29 is 14.3 Å². The van der Waals surface area contributed by atoms with Gasteiger partial charge in [0.1, 0.15) is 6.10 Å². The summed E-state index contributed by atoms with van der Waals surface area (Å²) in [5, 5.41) is 0. The van der Waals surface area contributed by atoms with Gasteiger partial charge in [-0.05, 0) is 67.3 Å². The largest absolute Gasteiger partial charge is 0.462 e. The van der Waals surface area contributed by atoms with Crippen LogP contribution in [0, 0.1) is 35.5 Å². The Bertz CT molecular complexity index is 777. The lowest BCUT2D eigenvalue weighted by molar-refractivity contribution is -0.162. The summed E-state index contributed by atoms with van der Waals surface area (Å²) < 4.78 is 6.22. The number of rotatable bonds is 7. The van der Waals surface area contributed by atoms with Gasteiger partial charge in [-0.3, -0.25) is 9.59 Å². The molecule has 1 aromatic carbocycles. The lowest BCUT2D eigenvalue weighted by Crippen LogP contribution is -2.39. The summed E-state index contributed by atoms with van der Waals surface area (Å²) in [7, 11) is 0. The molecule has 0 N–H and O–H groups in total. The topological polar surface area (TPSA) is 46.6 Å². The molecular formula is C29H43NO3. The zero-order valence-corrected chi connectivity index (χ0v) is 20.9. The monoisotopic (exact) mass is 453 g/mol. The van der Waals surface area contributed by atoms with E-state index in [-0.39, 0.29) is 24.4 Å². The van der Waals surface area contributed by atoms with Crippen molar-refractivity contribution in [3.05, 3.63) is 35.9 Å². The van der Waals surface area contributed by atoms with Crippen LogP contribution in [0.2, 0.25) is 0 Å². The van der Waals surface area contributed by atoms with Crippen molar-refractivity contribution in [3.63, 3.8) is 0 Å². The maximum absolute atomic E-state index is 13.5. The molecular weight excluding hydrogens is 410 g/mol. The molecule has 6 atom stereocenters. The molecule has 0 bridgehead atoms. The van der Waals surface area contributed by atoms with E-state index in [1.54, 1.807) is 0 Å². The Morgan fingerprint density at radius 3 is 2.30 bits per heavy atom. The maximum Gasteiger partial charge on any atom is 0.310 e. The highest BCUT2D eigenvalue weighted by molar-refractivity contribution is 5.83. The third-order valence-corrected chi connectivity index (χ3v) is 8.64. The molecule has 3 fully saturated rings. The highest BCUT2D eigenvalue weighted by Crippen LogP contribution is 2.38. The molecule has 1 amide bonds. The van der Waals surface area contributed by atoms with Crippen LogP contribution >= 0.6 is 0 Å². The van der Waals surface area contributed by atoms with Crippen molar-refractivity contribution in [1.29, 1.82) is 0 Å². The summed E-state index contributed by atoms with van der Waals surface area (Å²) in [4.78, 5) is 28.9. The standard InChI is InChI=1S/C29H43NO3/c1-20(2)26-14-13-21(3)15-27(26)33-29(32)25(16-22-9-5-4-6-10-22)17-28(31)30-18-23-11-7-8-12-24(23)19-30/h4-6,9-10,20-21,23-27H,7-8,11-19H2,1-3H3/t21-,23-,24+,25?,26+,27-/m0/s1. The van der Waals surface area contributed by atoms with Gasteiger partial charge in [-0.1, -0.05) is 70.4 Å². The van der Waals surface area contributed by atoms with E-state index in [9.17, 15) is 9.59 Å². The van der Waals surface area contributed by atoms with Gasteiger partial charge in [-0.25, -0.2) is 0 Å². The zero-order valence-electron chi connectivity index (χ0n) is 20.9. The molecule has 0 spiro atoms. The Hall–Kier alpha value is -1.84. The molecule has 33 heavy (non-hydrogen) atoms. The van der Waals surface area contributed by atoms with Crippen molar-refractivity contribution in [3.8, 4) is 0 Å². The van der Waals surface area contributed by atoms with Gasteiger partial charge >= 0.3 is 5.97 Å². The highest BCUT2D eigenvalue weighted by atomic mass is 16.5. The Labute approximate surface area is 200 Å². The van der Waals surface area contributed by atoms with Crippen LogP contribution in [0.25, 0.3) is 0 Å². The Kier molecular flexibility index (Phi) is 8.14. The van der Waals surface area contributed by atoms with Crippen LogP contribution < -0.4 is 0 Å². The summed E-state index contributed by atoms with van der Waals surface area (Å²) in [6.45, 7) is 8.49. The average molecular weight is 454 g/mol. The van der Waals surface area contributed by atoms with Gasteiger partial charge in [-0.2, -0.15) is 0 Å². The Balaban J connectivity index is 1.44. The summed E-state index contributed by atoms with van der Waals surface area (Å²) in [6.07, 6.45) is 9.17. The van der Waals surface area contributed by atoms with Gasteiger partial charge in [0.05, 0.1) is 5.92 Å². The van der Waals surface area contributed by atoms with Crippen LogP contribution in [0.3, 0.4) is 0 Å². The number of nitrogens with zero attached hydrogens (tertiary/aromatic N) is 1. The lowest BCUT2D eigenvalue weighted by atomic mass is 9.75. The van der Waals surface area contributed by atoms with Crippen molar-refractivity contribution in [2.75, 3.05) is 13.1 Å². The molecule has 1 aliphatic heterocycles. The second kappa shape index (κ2) is 11.1. The van der Waals surface area contributed by atoms with Gasteiger partial charge in [0, 0.05) is 19.5 Å². The van der Waals surface area contributed by atoms with Crippen LogP contribution in [0.5, 0.6) is 0 Å². The third-order valence-electron chi connectivity index (χ3n) is 8.64. The summed E-state index contributed by atoms with van der Waals surface area (Å²) in [5.41, 5.74) is 1.10. The molecule has 4 rings (SSSR count). The number of amides is 1. The number of likely N-dealkylation sites (tertiary alicyclic amines) is 1. The number of hydrogen-bond acceptors (Lipinski definition) is 3. The molecule has 0 aromatic heterocycles. The summed E-state index contributed by atoms with van der Waals surface area (Å²) in [5.74, 6) is 2.38. The predicted molar refractivity (Wildman–Crippen MR) is 132 cm³/mol. The fourth-order valence-electron chi connectivity index (χ4n) is 6.58. The van der Waals surface area contributed by atoms with E-state index in [4.69, 9.17) is 4.74 Å². The van der Waals surface area contributed by atoms with Gasteiger partial charge in [0.2, 0.25) is 5.91 Å². The highest BCUT2D eigenvalue weighted by Gasteiger charge is 2.39. The second-order valence-electron chi connectivity index (χ2n) is 11.5. The van der Waals surface area contributed by atoms with Crippen LogP contribution in [-0.4, -0.2) is 36.0 Å². The van der Waals surface area contributed by atoms with Gasteiger partial charge in [-0.15, -0.1) is 0 Å². The lowest BCUT2D eigenvalue weighted by Gasteiger charge is -2.37. The molecule has 1 aromatic rings. The second-order valence-corrected chi connectivity index (χ2v) is 11.5. The molecule has 2 saturated carbocycles. The van der Waals surface area contributed by atoms with Gasteiger partial charge in [0.15, 0.2) is 0 Å². The number of ether oxygens (including phenoxy) is 1. The number of fused-ring (bicyclic) bond motifs is 1. The van der Waals surface area contributed by atoms with Crippen LogP contribution in [0.15, 0.2) is 30.3 Å². The van der Waals surface area contributed by atoms with E-state index in [0.717, 1.165) is 31.5 Å². The minimum atomic E-state index is -0.410. The van der Waals surface area contributed by atoms with Crippen molar-refractivity contribution in [1.82, 2.24) is 4.90 Å². The first-order valence-electron chi connectivity index (χ1n) is 13.4. The first-order chi connectivity index (χ1) is 15.9. The Morgan fingerprint density at radius 2 is 1.67 bits per heavy atom. The number of benzene rings is 1. The fraction of sp³-hybridized carbons (Fsp3) is 0.724. The molecule has 4 heteroatoms. The quantitative estimate of drug-likeness (QED) is 0.484. The molecule has 0 radical (unpaired) electrons. The van der Waals surface area contributed by atoms with E-state index in [1.807, 2.05) is 23.1 Å². The molecule has 3 aliphatic rings. The first-order valence-corrected chi connectivity index (χ1v) is 13.4. The molecule has 1 heterocycles. The number of carbonyl (C=O) groups is 2. The molecule has 2 aliphatic carbocycles. The minimum absolute atomic E-state index is 0.0238. The van der Waals surface area contributed by atoms with Crippen LogP contribution in [0.1, 0.15) is 77.7 Å². The van der Waals surface area contributed by atoms with E-state index in [2.05, 4.69) is 32.9 Å². The van der Waals surface area contributed by atoms with Gasteiger partial charge in [0.25, 0.3) is 0 Å². The molecule has 182 valence electrons. The summed E-state index contributed by atoms with van der Waals surface area (Å²) in [6, 6.07) is 10.1. The minimum Gasteiger partial charge on any atom is -0.462 e. The van der Waals surface area contributed by atoms with Crippen molar-refractivity contribution in [2.45, 2.75) is 84.7 Å². The maximum atomic E-state index is 13.5. The number of carbonyl (C=O) groups excluding carboxylic acids is 2. The number of esters is 1. The zero-order chi connectivity index (χ0) is 23.4. The van der Waals surface area contributed by atoms with E-state index >= 15 is 0 Å². The molecule has 1 unspecified atom stereocenters. The number of hydrogen-bond donors (Lipinski definition) is 0. The summed E-state index contributed by atoms with van der Waals surface area (Å²) >= 11 is 0. The first kappa shape index (κ1) is 24.3. The fourth-order valence-corrected chi connectivity index (χ4v) is 6.58. The average Bonchev–Trinajstić information content (AvgIpc) is 3.24. The third kappa shape index (κ3) is 6.19. The van der Waals surface area contributed by atoms with E-state index < -0.39 is 5.92 Å². The van der Waals surface area contributed by atoms with E-state index in [0.29, 0.717) is 36.0 Å². The molecule has 1 saturated heterocycles. The van der Waals surface area contributed by atoms with Crippen molar-refractivity contribution >= 4 is 11.9 Å².